The first-order chi connectivity index (χ1) is 21.9. The van der Waals surface area contributed by atoms with Crippen LogP contribution in [0, 0.1) is 0 Å². The Morgan fingerprint density at radius 2 is 1.22 bits per heavy atom. The molecule has 0 radical (unpaired) electrons. The van der Waals surface area contributed by atoms with Crippen LogP contribution in [0.3, 0.4) is 0 Å². The van der Waals surface area contributed by atoms with Crippen LogP contribution < -0.4 is 10.4 Å². The molecule has 0 heterocycles. The van der Waals surface area contributed by atoms with Gasteiger partial charge >= 0.3 is 0 Å². The molecule has 4 aromatic rings. The van der Waals surface area contributed by atoms with Gasteiger partial charge in [0.05, 0.1) is 19.3 Å². The number of hydrogen-bond acceptors (Lipinski definition) is 4. The number of carbonyl (C=O) groups is 2. The number of amides is 2. The minimum Gasteiger partial charge on any atom is -0.406 e. The largest absolute Gasteiger partial charge is 0.406 e. The highest BCUT2D eigenvalue weighted by Crippen LogP contribution is 2.37. The molecule has 242 valence electrons. The summed E-state index contributed by atoms with van der Waals surface area (Å²) in [4.78, 5) is 34.2. The van der Waals surface area contributed by atoms with Crippen LogP contribution in [0.5, 0.6) is 0 Å². The molecule has 0 N–H and O–H groups in total. The summed E-state index contributed by atoms with van der Waals surface area (Å²) in [6.07, 6.45) is 0.653. The smallest absolute Gasteiger partial charge is 0.261 e. The SMILES string of the molecule is CON(C)C(=O)CCc1ccccc1C(=O)N(CCO[Si](c1ccccc1)(c1ccccc1)C(C)(C)C)C(C)(C)c1ccccc1. The van der Waals surface area contributed by atoms with Crippen LogP contribution in [-0.2, 0) is 26.0 Å². The van der Waals surface area contributed by atoms with Gasteiger partial charge in [-0.3, -0.25) is 14.4 Å². The van der Waals surface area contributed by atoms with Gasteiger partial charge < -0.3 is 9.33 Å². The molecule has 0 aliphatic heterocycles. The van der Waals surface area contributed by atoms with Crippen molar-refractivity contribution < 1.29 is 18.9 Å². The molecule has 0 unspecified atom stereocenters. The molecule has 0 aromatic heterocycles. The summed E-state index contributed by atoms with van der Waals surface area (Å²) in [6, 6.07) is 38.8. The molecule has 0 bridgehead atoms. The summed E-state index contributed by atoms with van der Waals surface area (Å²) < 4.78 is 7.24. The fourth-order valence-electron chi connectivity index (χ4n) is 6.28. The van der Waals surface area contributed by atoms with Gasteiger partial charge in [-0.25, -0.2) is 5.06 Å². The second kappa shape index (κ2) is 15.0. The number of nitrogens with zero attached hydrogens (tertiary/aromatic N) is 2. The van der Waals surface area contributed by atoms with Crippen LogP contribution in [0.1, 0.15) is 62.5 Å². The monoisotopic (exact) mass is 636 g/mol. The number of hydroxylamine groups is 2. The third-order valence-electron chi connectivity index (χ3n) is 8.93. The standard InChI is InChI=1S/C39H48N2O4Si/c1-38(2,3)46(33-22-13-9-14-23-33,34-24-15-10-16-25-34)45-30-29-41(39(4,5)32-20-11-8-12-21-32)37(43)35-26-18-17-19-31(35)27-28-36(42)40(6)44-7/h8-26H,27-30H2,1-7H3. The van der Waals surface area contributed by atoms with E-state index in [1.165, 1.54) is 22.5 Å². The molecule has 4 aromatic carbocycles. The van der Waals surface area contributed by atoms with E-state index in [0.717, 1.165) is 11.1 Å². The quantitative estimate of drug-likeness (QED) is 0.123. The second-order valence-electron chi connectivity index (χ2n) is 13.1. The molecular weight excluding hydrogens is 589 g/mol. The van der Waals surface area contributed by atoms with Crippen LogP contribution >= 0.6 is 0 Å². The lowest BCUT2D eigenvalue weighted by atomic mass is 9.90. The van der Waals surface area contributed by atoms with Crippen molar-refractivity contribution in [3.63, 3.8) is 0 Å². The van der Waals surface area contributed by atoms with E-state index in [1.54, 1.807) is 7.05 Å². The number of aryl methyl sites for hydroxylation is 1. The van der Waals surface area contributed by atoms with Gasteiger partial charge in [0.1, 0.15) is 0 Å². The Bertz CT molecular complexity index is 1530. The minimum atomic E-state index is -2.81. The molecule has 0 aliphatic rings. The molecule has 2 amide bonds. The Labute approximate surface area is 276 Å². The zero-order valence-electron chi connectivity index (χ0n) is 28.3. The lowest BCUT2D eigenvalue weighted by Crippen LogP contribution is -2.67. The van der Waals surface area contributed by atoms with Gasteiger partial charge in [0.25, 0.3) is 14.2 Å². The van der Waals surface area contributed by atoms with E-state index in [2.05, 4.69) is 95.3 Å². The topological polar surface area (TPSA) is 59.1 Å². The summed E-state index contributed by atoms with van der Waals surface area (Å²) in [5, 5.41) is 3.43. The molecule has 6 nitrogen and oxygen atoms in total. The van der Waals surface area contributed by atoms with Crippen molar-refractivity contribution in [3.05, 3.63) is 132 Å². The molecule has 0 atom stereocenters. The van der Waals surface area contributed by atoms with E-state index in [4.69, 9.17) is 9.26 Å². The zero-order chi connectivity index (χ0) is 33.4. The fourth-order valence-corrected chi connectivity index (χ4v) is 10.8. The summed E-state index contributed by atoms with van der Waals surface area (Å²) >= 11 is 0. The average molecular weight is 637 g/mol. The van der Waals surface area contributed by atoms with Crippen molar-refractivity contribution in [3.8, 4) is 0 Å². The minimum absolute atomic E-state index is 0.0944. The number of hydrogen-bond donors (Lipinski definition) is 0. The first-order valence-electron chi connectivity index (χ1n) is 15.9. The van der Waals surface area contributed by atoms with E-state index in [0.29, 0.717) is 25.1 Å². The number of carbonyl (C=O) groups excluding carboxylic acids is 2. The van der Waals surface area contributed by atoms with Crippen LogP contribution in [0.2, 0.25) is 5.04 Å². The summed E-state index contributed by atoms with van der Waals surface area (Å²) in [6.45, 7) is 11.7. The molecule has 0 saturated heterocycles. The van der Waals surface area contributed by atoms with Gasteiger partial charge in [-0.15, -0.1) is 0 Å². The van der Waals surface area contributed by atoms with Crippen LogP contribution in [0.15, 0.2) is 115 Å². The molecule has 0 spiro atoms. The maximum absolute atomic E-state index is 14.7. The predicted octanol–water partition coefficient (Wildman–Crippen LogP) is 6.59. The lowest BCUT2D eigenvalue weighted by molar-refractivity contribution is -0.168. The highest BCUT2D eigenvalue weighted by Gasteiger charge is 2.50. The van der Waals surface area contributed by atoms with Crippen molar-refractivity contribution in [2.45, 2.75) is 58.0 Å². The van der Waals surface area contributed by atoms with Crippen molar-refractivity contribution in [2.24, 2.45) is 0 Å². The average Bonchev–Trinajstić information content (AvgIpc) is 3.07. The summed E-state index contributed by atoms with van der Waals surface area (Å²) in [7, 11) is 0.247. The Hall–Kier alpha value is -4.04. The van der Waals surface area contributed by atoms with Crippen molar-refractivity contribution in [2.75, 3.05) is 27.3 Å². The van der Waals surface area contributed by atoms with Crippen molar-refractivity contribution >= 4 is 30.5 Å². The van der Waals surface area contributed by atoms with Crippen LogP contribution in [-0.4, -0.2) is 57.4 Å². The van der Waals surface area contributed by atoms with Gasteiger partial charge in [0.15, 0.2) is 0 Å². The Kier molecular flexibility index (Phi) is 11.4. The Balaban J connectivity index is 1.73. The highest BCUT2D eigenvalue weighted by atomic mass is 28.4. The molecule has 0 saturated carbocycles. The third kappa shape index (κ3) is 7.49. The van der Waals surface area contributed by atoms with E-state index in [9.17, 15) is 9.59 Å². The number of benzene rings is 4. The first kappa shape index (κ1) is 34.8. The van der Waals surface area contributed by atoms with Gasteiger partial charge in [-0.1, -0.05) is 130 Å². The molecule has 0 fully saturated rings. The summed E-state index contributed by atoms with van der Waals surface area (Å²) in [5.74, 6) is -0.243. The van der Waals surface area contributed by atoms with E-state index in [-0.39, 0.29) is 23.3 Å². The van der Waals surface area contributed by atoms with Crippen LogP contribution in [0.4, 0.5) is 0 Å². The fraction of sp³-hybridized carbons (Fsp3) is 0.333. The van der Waals surface area contributed by atoms with E-state index in [1.807, 2.05) is 59.5 Å². The van der Waals surface area contributed by atoms with Gasteiger partial charge in [-0.2, -0.15) is 0 Å². The highest BCUT2D eigenvalue weighted by molar-refractivity contribution is 6.99. The molecule has 46 heavy (non-hydrogen) atoms. The summed E-state index contributed by atoms with van der Waals surface area (Å²) in [5.41, 5.74) is 1.80. The molecule has 0 aliphatic carbocycles. The zero-order valence-corrected chi connectivity index (χ0v) is 29.3. The van der Waals surface area contributed by atoms with Gasteiger partial charge in [-0.05, 0) is 52.9 Å². The van der Waals surface area contributed by atoms with Gasteiger partial charge in [0.2, 0.25) is 5.91 Å². The second-order valence-corrected chi connectivity index (χ2v) is 17.4. The molecular formula is C39H48N2O4Si. The van der Waals surface area contributed by atoms with Crippen LogP contribution in [0.25, 0.3) is 0 Å². The van der Waals surface area contributed by atoms with E-state index < -0.39 is 13.9 Å². The normalized spacial score (nSPS) is 12.1. The maximum Gasteiger partial charge on any atom is 0.261 e. The van der Waals surface area contributed by atoms with Gasteiger partial charge in [0, 0.05) is 25.6 Å². The van der Waals surface area contributed by atoms with Crippen molar-refractivity contribution in [1.29, 1.82) is 0 Å². The first-order valence-corrected chi connectivity index (χ1v) is 17.9. The lowest BCUT2D eigenvalue weighted by Gasteiger charge is -2.44. The Morgan fingerprint density at radius 1 is 0.717 bits per heavy atom. The predicted molar refractivity (Wildman–Crippen MR) is 189 cm³/mol. The molecule has 4 rings (SSSR count). The Morgan fingerprint density at radius 3 is 1.74 bits per heavy atom. The van der Waals surface area contributed by atoms with Crippen molar-refractivity contribution in [1.82, 2.24) is 9.96 Å². The maximum atomic E-state index is 14.7. The van der Waals surface area contributed by atoms with E-state index >= 15 is 0 Å². The third-order valence-corrected chi connectivity index (χ3v) is 14.0. The number of rotatable bonds is 13. The molecule has 7 heteroatoms.